The fourth-order valence-corrected chi connectivity index (χ4v) is 3.14. The molecule has 0 saturated carbocycles. The number of nitrogens with zero attached hydrogens (tertiary/aromatic N) is 3. The van der Waals surface area contributed by atoms with E-state index < -0.39 is 0 Å². The van der Waals surface area contributed by atoms with Crippen molar-refractivity contribution >= 4 is 17.5 Å². The summed E-state index contributed by atoms with van der Waals surface area (Å²) in [5.74, 6) is -0.228. The molecule has 4 N–H and O–H groups in total. The zero-order chi connectivity index (χ0) is 20.2. The number of amides is 1. The van der Waals surface area contributed by atoms with E-state index in [1.807, 2.05) is 18.2 Å². The van der Waals surface area contributed by atoms with Crippen molar-refractivity contribution in [1.82, 2.24) is 30.7 Å². The Morgan fingerprint density at radius 1 is 1.07 bits per heavy atom. The first-order chi connectivity index (χ1) is 14.2. The van der Waals surface area contributed by atoms with E-state index in [0.29, 0.717) is 39.8 Å². The number of aromatic nitrogens is 5. The van der Waals surface area contributed by atoms with Gasteiger partial charge in [-0.25, -0.2) is 0 Å². The molecule has 4 aromatic rings. The molecule has 29 heavy (non-hydrogen) atoms. The first-order valence-corrected chi connectivity index (χ1v) is 9.20. The Labute approximate surface area is 171 Å². The van der Waals surface area contributed by atoms with Crippen molar-refractivity contribution in [2.75, 3.05) is 0 Å². The van der Waals surface area contributed by atoms with Crippen LogP contribution in [-0.4, -0.2) is 36.4 Å². The summed E-state index contributed by atoms with van der Waals surface area (Å²) in [6, 6.07) is 10.7. The Kier molecular flexibility index (Phi) is 5.37. The van der Waals surface area contributed by atoms with Gasteiger partial charge in [0.15, 0.2) is 0 Å². The summed E-state index contributed by atoms with van der Waals surface area (Å²) in [5.41, 5.74) is 4.65. The number of aromatic amines is 2. The fraction of sp³-hybridized carbons (Fsp3) is 0.100. The molecule has 146 valence electrons. The van der Waals surface area contributed by atoms with Crippen LogP contribution in [0.1, 0.15) is 21.6 Å². The molecule has 0 radical (unpaired) electrons. The van der Waals surface area contributed by atoms with Crippen molar-refractivity contribution in [3.05, 3.63) is 76.8 Å². The minimum Gasteiger partial charge on any atom is -0.392 e. The van der Waals surface area contributed by atoms with Gasteiger partial charge in [-0.05, 0) is 35.4 Å². The number of hydrogen-bond donors (Lipinski definition) is 4. The van der Waals surface area contributed by atoms with Gasteiger partial charge >= 0.3 is 0 Å². The Bertz CT molecular complexity index is 1140. The molecule has 0 aliphatic rings. The minimum absolute atomic E-state index is 0.138. The van der Waals surface area contributed by atoms with E-state index in [1.165, 1.54) is 0 Å². The van der Waals surface area contributed by atoms with Gasteiger partial charge in [-0.3, -0.25) is 9.78 Å². The summed E-state index contributed by atoms with van der Waals surface area (Å²) >= 11 is 6.19. The van der Waals surface area contributed by atoms with Gasteiger partial charge in [0.25, 0.3) is 5.91 Å². The fourth-order valence-electron chi connectivity index (χ4n) is 2.90. The minimum atomic E-state index is -0.228. The van der Waals surface area contributed by atoms with E-state index in [2.05, 4.69) is 30.7 Å². The Hall–Kier alpha value is -3.49. The molecule has 1 amide bonds. The smallest absolute Gasteiger partial charge is 0.267 e. The third kappa shape index (κ3) is 4.03. The van der Waals surface area contributed by atoms with Gasteiger partial charge in [0.2, 0.25) is 0 Å². The zero-order valence-electron chi connectivity index (χ0n) is 15.2. The number of halogens is 1. The van der Waals surface area contributed by atoms with Crippen molar-refractivity contribution in [3.8, 4) is 22.5 Å². The first kappa shape index (κ1) is 18.9. The van der Waals surface area contributed by atoms with Crippen LogP contribution in [0, 0.1) is 0 Å². The molecule has 0 bridgehead atoms. The highest BCUT2D eigenvalue weighted by Crippen LogP contribution is 2.31. The van der Waals surface area contributed by atoms with E-state index in [0.717, 1.165) is 11.1 Å². The molecule has 0 saturated heterocycles. The highest BCUT2D eigenvalue weighted by Gasteiger charge is 2.17. The van der Waals surface area contributed by atoms with Crippen LogP contribution in [0.4, 0.5) is 0 Å². The highest BCUT2D eigenvalue weighted by atomic mass is 35.5. The first-order valence-electron chi connectivity index (χ1n) is 8.82. The summed E-state index contributed by atoms with van der Waals surface area (Å²) in [7, 11) is 0. The third-order valence-corrected chi connectivity index (χ3v) is 4.80. The lowest BCUT2D eigenvalue weighted by Crippen LogP contribution is -2.22. The summed E-state index contributed by atoms with van der Waals surface area (Å²) in [6.07, 6.45) is 5.06. The van der Waals surface area contributed by atoms with Crippen molar-refractivity contribution in [3.63, 3.8) is 0 Å². The number of aliphatic hydroxyl groups is 1. The van der Waals surface area contributed by atoms with Crippen LogP contribution in [0.25, 0.3) is 22.5 Å². The van der Waals surface area contributed by atoms with E-state index in [-0.39, 0.29) is 12.5 Å². The molecule has 9 heteroatoms. The Balaban J connectivity index is 1.54. The predicted octanol–water partition coefficient (Wildman–Crippen LogP) is 2.94. The largest absolute Gasteiger partial charge is 0.392 e. The molecular weight excluding hydrogens is 392 g/mol. The van der Waals surface area contributed by atoms with Crippen LogP contribution in [-0.2, 0) is 13.2 Å². The maximum Gasteiger partial charge on any atom is 0.267 e. The molecule has 1 aromatic carbocycles. The number of aliphatic hydroxyl groups excluding tert-OH is 1. The lowest BCUT2D eigenvalue weighted by Gasteiger charge is -2.04. The van der Waals surface area contributed by atoms with Crippen molar-refractivity contribution in [2.24, 2.45) is 0 Å². The molecule has 0 atom stereocenters. The van der Waals surface area contributed by atoms with Crippen LogP contribution in [0.2, 0.25) is 5.02 Å². The van der Waals surface area contributed by atoms with Gasteiger partial charge in [-0.15, -0.1) is 0 Å². The van der Waals surface area contributed by atoms with Crippen molar-refractivity contribution in [1.29, 1.82) is 0 Å². The van der Waals surface area contributed by atoms with Gasteiger partial charge < -0.3 is 15.4 Å². The van der Waals surface area contributed by atoms with Crippen molar-refractivity contribution < 1.29 is 9.90 Å². The Morgan fingerprint density at radius 3 is 2.55 bits per heavy atom. The highest BCUT2D eigenvalue weighted by molar-refractivity contribution is 6.31. The number of hydrogen-bond acceptors (Lipinski definition) is 5. The van der Waals surface area contributed by atoms with E-state index in [4.69, 9.17) is 11.6 Å². The molecule has 0 spiro atoms. The molecule has 0 unspecified atom stereocenters. The van der Waals surface area contributed by atoms with E-state index in [9.17, 15) is 9.90 Å². The lowest BCUT2D eigenvalue weighted by atomic mass is 10.1. The van der Waals surface area contributed by atoms with Gasteiger partial charge in [0.1, 0.15) is 17.1 Å². The predicted molar refractivity (Wildman–Crippen MR) is 108 cm³/mol. The number of carbonyl (C=O) groups excluding carboxylic acids is 1. The van der Waals surface area contributed by atoms with Gasteiger partial charge in [0, 0.05) is 41.3 Å². The topological polar surface area (TPSA) is 120 Å². The second-order valence-electron chi connectivity index (χ2n) is 6.33. The second kappa shape index (κ2) is 8.26. The molecular formula is C20H17ClN6O2. The van der Waals surface area contributed by atoms with Crippen LogP contribution in [0.3, 0.4) is 0 Å². The third-order valence-electron chi connectivity index (χ3n) is 4.45. The number of rotatable bonds is 6. The van der Waals surface area contributed by atoms with Gasteiger partial charge in [0.05, 0.1) is 6.61 Å². The number of pyridine rings is 1. The maximum absolute atomic E-state index is 12.4. The molecule has 4 rings (SSSR count). The summed E-state index contributed by atoms with van der Waals surface area (Å²) in [6.45, 7) is 0.265. The van der Waals surface area contributed by atoms with E-state index in [1.54, 1.807) is 36.8 Å². The summed E-state index contributed by atoms with van der Waals surface area (Å²) in [5, 5.41) is 23.6. The van der Waals surface area contributed by atoms with Gasteiger partial charge in [-0.1, -0.05) is 23.7 Å². The lowest BCUT2D eigenvalue weighted by molar-refractivity contribution is 0.0946. The van der Waals surface area contributed by atoms with Crippen LogP contribution < -0.4 is 5.32 Å². The normalized spacial score (nSPS) is 10.8. The quantitative estimate of drug-likeness (QED) is 0.391. The summed E-state index contributed by atoms with van der Waals surface area (Å²) in [4.78, 5) is 19.4. The number of H-pyrrole nitrogens is 2. The van der Waals surface area contributed by atoms with Crippen molar-refractivity contribution in [2.45, 2.75) is 13.2 Å². The molecule has 0 aliphatic heterocycles. The maximum atomic E-state index is 12.4. The van der Waals surface area contributed by atoms with E-state index >= 15 is 0 Å². The summed E-state index contributed by atoms with van der Waals surface area (Å²) < 4.78 is 0. The van der Waals surface area contributed by atoms with Crippen LogP contribution >= 0.6 is 11.6 Å². The standard InChI is InChI=1S/C20H17ClN6O2/c21-16-7-13(1-2-14(16)11-28)18-19(26-27-25-18)15-8-17(23-10-15)20(29)24-9-12-3-5-22-6-4-12/h1-8,10,23,28H,9,11H2,(H,24,29)(H,25,26,27). The molecule has 3 aromatic heterocycles. The van der Waals surface area contributed by atoms with Crippen LogP contribution in [0.15, 0.2) is 55.0 Å². The van der Waals surface area contributed by atoms with Gasteiger partial charge in [-0.2, -0.15) is 15.4 Å². The number of benzene rings is 1. The average Bonchev–Trinajstić information content (AvgIpc) is 3.42. The number of nitrogens with one attached hydrogen (secondary N) is 3. The molecule has 0 aliphatic carbocycles. The van der Waals surface area contributed by atoms with Crippen LogP contribution in [0.5, 0.6) is 0 Å². The monoisotopic (exact) mass is 408 g/mol. The molecule has 0 fully saturated rings. The Morgan fingerprint density at radius 2 is 1.83 bits per heavy atom. The molecule has 8 nitrogen and oxygen atoms in total. The number of carbonyl (C=O) groups is 1. The zero-order valence-corrected chi connectivity index (χ0v) is 15.9. The second-order valence-corrected chi connectivity index (χ2v) is 6.73. The average molecular weight is 409 g/mol. The SMILES string of the molecule is O=C(NCc1ccncc1)c1cc(-c2n[nH]nc2-c2ccc(CO)c(Cl)c2)c[nH]1. The molecule has 3 heterocycles.